The van der Waals surface area contributed by atoms with E-state index in [2.05, 4.69) is 20.4 Å². The molecule has 2 N–H and O–H groups in total. The Kier molecular flexibility index (Phi) is 6.48. The number of ether oxygens (including phenoxy) is 2. The van der Waals surface area contributed by atoms with Gasteiger partial charge in [-0.25, -0.2) is 14.8 Å². The average Bonchev–Trinajstić information content (AvgIpc) is 3.49. The van der Waals surface area contributed by atoms with Crippen LogP contribution in [-0.2, 0) is 11.8 Å². The van der Waals surface area contributed by atoms with Crippen molar-refractivity contribution in [3.8, 4) is 5.75 Å². The topological polar surface area (TPSA) is 135 Å². The van der Waals surface area contributed by atoms with E-state index >= 15 is 0 Å². The second-order valence-corrected chi connectivity index (χ2v) is 10.2. The second kappa shape index (κ2) is 10.1. The maximum absolute atomic E-state index is 13.1. The molecule has 1 saturated carbocycles. The van der Waals surface area contributed by atoms with Gasteiger partial charge in [-0.2, -0.15) is 5.10 Å². The molecule has 0 spiro atoms. The Morgan fingerprint density at radius 2 is 1.92 bits per heavy atom. The summed E-state index contributed by atoms with van der Waals surface area (Å²) in [7, 11) is 1.85. The van der Waals surface area contributed by atoms with E-state index in [9.17, 15) is 14.7 Å². The molecule has 1 unspecified atom stereocenters. The number of carbonyl (C=O) groups excluding carboxylic acids is 1. The summed E-state index contributed by atoms with van der Waals surface area (Å²) in [5.41, 5.74) is 1.51. The van der Waals surface area contributed by atoms with Crippen LogP contribution in [0.4, 0.5) is 16.3 Å². The van der Waals surface area contributed by atoms with E-state index in [1.54, 1.807) is 15.8 Å². The Labute approximate surface area is 219 Å². The Morgan fingerprint density at radius 3 is 2.63 bits per heavy atom. The number of carbonyl (C=O) groups is 2. The number of rotatable bonds is 7. The number of hydrogen-bond acceptors (Lipinski definition) is 8. The predicted molar refractivity (Wildman–Crippen MR) is 139 cm³/mol. The third kappa shape index (κ3) is 5.08. The normalized spacial score (nSPS) is 20.0. The third-order valence-corrected chi connectivity index (χ3v) is 7.34. The first-order valence-electron chi connectivity index (χ1n) is 13.1. The van der Waals surface area contributed by atoms with Crippen LogP contribution in [0.15, 0.2) is 30.7 Å². The van der Waals surface area contributed by atoms with Crippen LogP contribution in [0.25, 0.3) is 10.9 Å². The van der Waals surface area contributed by atoms with Crippen molar-refractivity contribution in [2.75, 3.05) is 36.5 Å². The zero-order valence-corrected chi connectivity index (χ0v) is 21.2. The number of amides is 2. The number of nitrogens with one attached hydrogen (secondary N) is 1. The van der Waals surface area contributed by atoms with Crippen molar-refractivity contribution in [2.45, 2.75) is 50.3 Å². The van der Waals surface area contributed by atoms with Crippen molar-refractivity contribution in [3.63, 3.8) is 0 Å². The highest BCUT2D eigenvalue weighted by Gasteiger charge is 2.40. The number of hydrogen-bond donors (Lipinski definition) is 2. The summed E-state index contributed by atoms with van der Waals surface area (Å²) in [5, 5.41) is 17.9. The molecule has 2 aliphatic heterocycles. The van der Waals surface area contributed by atoms with Crippen LogP contribution < -0.4 is 15.0 Å². The molecule has 200 valence electrons. The van der Waals surface area contributed by atoms with E-state index in [1.165, 1.54) is 6.20 Å². The molecule has 2 aromatic heterocycles. The Bertz CT molecular complexity index is 1330. The fourth-order valence-electron chi connectivity index (χ4n) is 5.27. The van der Waals surface area contributed by atoms with E-state index in [0.717, 1.165) is 43.0 Å². The van der Waals surface area contributed by atoms with Crippen LogP contribution in [0, 0.1) is 0 Å². The number of aromatic nitrogens is 4. The quantitative estimate of drug-likeness (QED) is 0.481. The van der Waals surface area contributed by atoms with Crippen LogP contribution in [0.3, 0.4) is 0 Å². The molecule has 0 radical (unpaired) electrons. The van der Waals surface area contributed by atoms with Gasteiger partial charge in [-0.3, -0.25) is 9.48 Å². The molecular weight excluding hydrogens is 490 g/mol. The van der Waals surface area contributed by atoms with E-state index in [4.69, 9.17) is 9.47 Å². The van der Waals surface area contributed by atoms with E-state index in [-0.39, 0.29) is 23.9 Å². The first kappa shape index (κ1) is 24.4. The number of benzene rings is 1. The summed E-state index contributed by atoms with van der Waals surface area (Å²) in [6.45, 7) is 2.56. The number of aryl methyl sites for hydroxylation is 1. The molecule has 3 fully saturated rings. The molecule has 2 saturated heterocycles. The SMILES string of the molecule is Cn1cc2cc(NC(=O)c3cnc(N4CCC(N(C(=O)O)C5CC5)C4)cn3)c(OC3CCOCC3)cc2n1. The lowest BCUT2D eigenvalue weighted by molar-refractivity contribution is 0.0258. The summed E-state index contributed by atoms with van der Waals surface area (Å²) < 4.78 is 13.4. The molecule has 1 aliphatic carbocycles. The van der Waals surface area contributed by atoms with Gasteiger partial charge in [0.05, 0.1) is 42.9 Å². The van der Waals surface area contributed by atoms with Gasteiger partial charge in [0.2, 0.25) is 0 Å². The molecule has 4 heterocycles. The minimum atomic E-state index is -0.859. The zero-order valence-electron chi connectivity index (χ0n) is 21.2. The van der Waals surface area contributed by atoms with Gasteiger partial charge >= 0.3 is 6.09 Å². The van der Waals surface area contributed by atoms with Gasteiger partial charge in [0.1, 0.15) is 23.4 Å². The minimum absolute atomic E-state index is 0.000826. The maximum Gasteiger partial charge on any atom is 0.407 e. The molecule has 1 aromatic carbocycles. The smallest absolute Gasteiger partial charge is 0.407 e. The van der Waals surface area contributed by atoms with Crippen molar-refractivity contribution in [1.82, 2.24) is 24.6 Å². The number of nitrogens with zero attached hydrogens (tertiary/aromatic N) is 6. The highest BCUT2D eigenvalue weighted by Crippen LogP contribution is 2.34. The van der Waals surface area contributed by atoms with Crippen LogP contribution >= 0.6 is 0 Å². The van der Waals surface area contributed by atoms with E-state index < -0.39 is 12.0 Å². The molecule has 12 nitrogen and oxygen atoms in total. The largest absolute Gasteiger partial charge is 0.488 e. The van der Waals surface area contributed by atoms with Gasteiger partial charge in [-0.1, -0.05) is 0 Å². The summed E-state index contributed by atoms with van der Waals surface area (Å²) in [6.07, 6.45) is 8.23. The second-order valence-electron chi connectivity index (χ2n) is 10.2. The monoisotopic (exact) mass is 521 g/mol. The lowest BCUT2D eigenvalue weighted by atomic mass is 10.1. The van der Waals surface area contributed by atoms with Gasteiger partial charge in [0.25, 0.3) is 5.91 Å². The van der Waals surface area contributed by atoms with Crippen molar-refractivity contribution in [1.29, 1.82) is 0 Å². The molecule has 12 heteroatoms. The van der Waals surface area contributed by atoms with Crippen molar-refractivity contribution in [3.05, 3.63) is 36.4 Å². The van der Waals surface area contributed by atoms with E-state index in [0.29, 0.717) is 43.6 Å². The van der Waals surface area contributed by atoms with Crippen LogP contribution in [-0.4, -0.2) is 86.2 Å². The van der Waals surface area contributed by atoms with Crippen LogP contribution in [0.2, 0.25) is 0 Å². The minimum Gasteiger partial charge on any atom is -0.488 e. The standard InChI is InChI=1S/C26H31N7O5/c1-31-14-16-10-21(23(11-20(16)30-31)38-19-5-8-37-9-6-19)29-25(34)22-12-28-24(13-27-22)32-7-4-18(15-32)33(26(35)36)17-2-3-17/h10-14,17-19H,2-9,15H2,1H3,(H,29,34)(H,35,36). The number of anilines is 2. The lowest BCUT2D eigenvalue weighted by Gasteiger charge is -2.26. The molecule has 0 bridgehead atoms. The Balaban J connectivity index is 1.16. The van der Waals surface area contributed by atoms with Gasteiger partial charge in [0.15, 0.2) is 0 Å². The van der Waals surface area contributed by atoms with Crippen molar-refractivity contribution in [2.24, 2.45) is 7.05 Å². The van der Waals surface area contributed by atoms with Crippen molar-refractivity contribution >= 4 is 34.4 Å². The molecule has 2 amide bonds. The molecule has 3 aromatic rings. The number of fused-ring (bicyclic) bond motifs is 1. The predicted octanol–water partition coefficient (Wildman–Crippen LogP) is 2.89. The van der Waals surface area contributed by atoms with Gasteiger partial charge in [0, 0.05) is 56.7 Å². The maximum atomic E-state index is 13.1. The summed E-state index contributed by atoms with van der Waals surface area (Å²) in [5.74, 6) is 0.794. The molecule has 3 aliphatic rings. The number of carboxylic acid groups (broad SMARTS) is 1. The van der Waals surface area contributed by atoms with Gasteiger partial charge in [-0.05, 0) is 25.3 Å². The highest BCUT2D eigenvalue weighted by atomic mass is 16.5. The van der Waals surface area contributed by atoms with Gasteiger partial charge < -0.3 is 29.7 Å². The van der Waals surface area contributed by atoms with Crippen LogP contribution in [0.1, 0.15) is 42.6 Å². The first-order valence-corrected chi connectivity index (χ1v) is 13.1. The zero-order chi connectivity index (χ0) is 26.2. The Morgan fingerprint density at radius 1 is 1.11 bits per heavy atom. The van der Waals surface area contributed by atoms with E-state index in [1.807, 2.05) is 30.3 Å². The third-order valence-electron chi connectivity index (χ3n) is 7.34. The van der Waals surface area contributed by atoms with Crippen molar-refractivity contribution < 1.29 is 24.2 Å². The summed E-state index contributed by atoms with van der Waals surface area (Å²) >= 11 is 0. The summed E-state index contributed by atoms with van der Waals surface area (Å²) in [4.78, 5) is 37.3. The molecule has 38 heavy (non-hydrogen) atoms. The Hall–Kier alpha value is -3.93. The lowest BCUT2D eigenvalue weighted by Crippen LogP contribution is -2.42. The first-order chi connectivity index (χ1) is 18.4. The van der Waals surface area contributed by atoms with Gasteiger partial charge in [-0.15, -0.1) is 0 Å². The summed E-state index contributed by atoms with van der Waals surface area (Å²) in [6, 6.07) is 3.79. The fourth-order valence-corrected chi connectivity index (χ4v) is 5.27. The molecule has 6 rings (SSSR count). The average molecular weight is 522 g/mol. The highest BCUT2D eigenvalue weighted by molar-refractivity contribution is 6.04. The van der Waals surface area contributed by atoms with Crippen LogP contribution in [0.5, 0.6) is 5.75 Å². The fraction of sp³-hybridized carbons (Fsp3) is 0.500. The molecular formula is C26H31N7O5. The molecule has 1 atom stereocenters.